The van der Waals surface area contributed by atoms with Gasteiger partial charge in [-0.2, -0.15) is 0 Å². The van der Waals surface area contributed by atoms with Gasteiger partial charge in [0.05, 0.1) is 16.6 Å². The first kappa shape index (κ1) is 15.1. The molecule has 2 aromatic carbocycles. The Kier molecular flexibility index (Phi) is 3.35. The largest absolute Gasteiger partial charge is 0.478 e. The van der Waals surface area contributed by atoms with Crippen LogP contribution in [-0.4, -0.2) is 26.5 Å². The molecule has 2 aromatic heterocycles. The maximum absolute atomic E-state index is 13.2. The third kappa shape index (κ3) is 2.37. The Morgan fingerprint density at radius 1 is 0.960 bits per heavy atom. The Bertz CT molecular complexity index is 1160. The molecule has 25 heavy (non-hydrogen) atoms. The van der Waals surface area contributed by atoms with Gasteiger partial charge in [0, 0.05) is 28.7 Å². The lowest BCUT2D eigenvalue weighted by Crippen LogP contribution is -2.12. The maximum Gasteiger partial charge on any atom is 0.335 e. The van der Waals surface area contributed by atoms with Crippen molar-refractivity contribution >= 4 is 33.7 Å². The Morgan fingerprint density at radius 2 is 1.80 bits per heavy atom. The zero-order chi connectivity index (χ0) is 17.6. The second-order valence-corrected chi connectivity index (χ2v) is 5.94. The third-order valence-corrected chi connectivity index (χ3v) is 4.28. The second-order valence-electron chi connectivity index (χ2n) is 5.94. The fourth-order valence-corrected chi connectivity index (χ4v) is 3.12. The topological polar surface area (TPSA) is 72.2 Å². The number of aryl methyl sites for hydroxylation is 1. The first-order valence-electron chi connectivity index (χ1n) is 7.79. The zero-order valence-corrected chi connectivity index (χ0v) is 13.4. The van der Waals surface area contributed by atoms with Crippen molar-refractivity contribution in [2.24, 2.45) is 0 Å². The van der Waals surface area contributed by atoms with E-state index in [2.05, 4.69) is 4.98 Å². The smallest absolute Gasteiger partial charge is 0.335 e. The van der Waals surface area contributed by atoms with E-state index in [-0.39, 0.29) is 11.5 Å². The predicted molar refractivity (Wildman–Crippen MR) is 95.1 cm³/mol. The van der Waals surface area contributed by atoms with Crippen molar-refractivity contribution in [2.45, 2.75) is 6.92 Å². The summed E-state index contributed by atoms with van der Waals surface area (Å²) in [7, 11) is 0. The van der Waals surface area contributed by atoms with Gasteiger partial charge in [0.1, 0.15) is 0 Å². The van der Waals surface area contributed by atoms with Crippen molar-refractivity contribution in [3.63, 3.8) is 0 Å². The van der Waals surface area contributed by atoms with Crippen LogP contribution >= 0.6 is 0 Å². The van der Waals surface area contributed by atoms with Crippen LogP contribution in [0.2, 0.25) is 0 Å². The lowest BCUT2D eigenvalue weighted by molar-refractivity contribution is 0.0696. The van der Waals surface area contributed by atoms with E-state index in [1.165, 1.54) is 6.07 Å². The van der Waals surface area contributed by atoms with Crippen LogP contribution in [0.3, 0.4) is 0 Å². The predicted octanol–water partition coefficient (Wildman–Crippen LogP) is 3.88. The highest BCUT2D eigenvalue weighted by molar-refractivity contribution is 6.16. The minimum Gasteiger partial charge on any atom is -0.478 e. The van der Waals surface area contributed by atoms with E-state index < -0.39 is 5.97 Å². The number of pyridine rings is 1. The summed E-state index contributed by atoms with van der Waals surface area (Å²) in [6.45, 7) is 1.93. The van der Waals surface area contributed by atoms with Crippen molar-refractivity contribution in [1.82, 2.24) is 9.55 Å². The quantitative estimate of drug-likeness (QED) is 0.605. The molecule has 0 bridgehead atoms. The number of carbonyl (C=O) groups excluding carboxylic acids is 1. The van der Waals surface area contributed by atoms with Gasteiger partial charge in [-0.25, -0.2) is 4.79 Å². The minimum absolute atomic E-state index is 0.140. The van der Waals surface area contributed by atoms with Crippen LogP contribution in [-0.2, 0) is 0 Å². The van der Waals surface area contributed by atoms with E-state index in [0.717, 1.165) is 16.3 Å². The van der Waals surface area contributed by atoms with Crippen molar-refractivity contribution in [3.05, 3.63) is 77.6 Å². The molecule has 0 aliphatic rings. The Balaban J connectivity index is 2.07. The summed E-state index contributed by atoms with van der Waals surface area (Å²) in [6, 6.07) is 13.9. The number of aromatic nitrogens is 2. The van der Waals surface area contributed by atoms with E-state index in [1.807, 2.05) is 25.1 Å². The monoisotopic (exact) mass is 330 g/mol. The molecule has 0 aliphatic carbocycles. The zero-order valence-electron chi connectivity index (χ0n) is 13.4. The highest BCUT2D eigenvalue weighted by atomic mass is 16.4. The van der Waals surface area contributed by atoms with Crippen molar-refractivity contribution in [3.8, 4) is 0 Å². The molecule has 0 saturated heterocycles. The van der Waals surface area contributed by atoms with E-state index in [1.54, 1.807) is 41.2 Å². The summed E-state index contributed by atoms with van der Waals surface area (Å²) >= 11 is 0. The molecule has 122 valence electrons. The van der Waals surface area contributed by atoms with Crippen molar-refractivity contribution in [1.29, 1.82) is 0 Å². The molecular weight excluding hydrogens is 316 g/mol. The number of rotatable bonds is 2. The fourth-order valence-electron chi connectivity index (χ4n) is 3.12. The van der Waals surface area contributed by atoms with Crippen LogP contribution in [0.15, 0.2) is 60.9 Å². The molecule has 0 fully saturated rings. The van der Waals surface area contributed by atoms with Crippen molar-refractivity contribution < 1.29 is 14.7 Å². The number of carbonyl (C=O) groups is 2. The first-order valence-corrected chi connectivity index (χ1v) is 7.79. The van der Waals surface area contributed by atoms with E-state index in [4.69, 9.17) is 0 Å². The van der Waals surface area contributed by atoms with Crippen LogP contribution in [0, 0.1) is 6.92 Å². The van der Waals surface area contributed by atoms with Gasteiger partial charge in [0.2, 0.25) is 0 Å². The van der Waals surface area contributed by atoms with Gasteiger partial charge in [-0.3, -0.25) is 14.3 Å². The van der Waals surface area contributed by atoms with Gasteiger partial charge in [-0.05, 0) is 37.3 Å². The summed E-state index contributed by atoms with van der Waals surface area (Å²) in [5, 5.41) is 10.9. The third-order valence-electron chi connectivity index (χ3n) is 4.28. The lowest BCUT2D eigenvalue weighted by atomic mass is 10.1. The molecule has 0 aliphatic heterocycles. The Morgan fingerprint density at radius 3 is 2.56 bits per heavy atom. The minimum atomic E-state index is -1.03. The summed E-state index contributed by atoms with van der Waals surface area (Å²) in [5.74, 6) is -1.22. The Hall–Kier alpha value is -3.47. The molecule has 1 N–H and O–H groups in total. The number of hydrogen-bond donors (Lipinski definition) is 1. The fraction of sp³-hybridized carbons (Fsp3) is 0.0500. The maximum atomic E-state index is 13.2. The van der Waals surface area contributed by atoms with Gasteiger partial charge < -0.3 is 5.11 Å². The van der Waals surface area contributed by atoms with Gasteiger partial charge in [0.25, 0.3) is 5.91 Å². The van der Waals surface area contributed by atoms with E-state index >= 15 is 0 Å². The average molecular weight is 330 g/mol. The summed E-state index contributed by atoms with van der Waals surface area (Å²) in [6.07, 6.45) is 3.32. The van der Waals surface area contributed by atoms with Crippen LogP contribution in [0.5, 0.6) is 0 Å². The molecule has 0 saturated carbocycles. The molecule has 5 heteroatoms. The number of benzene rings is 2. The van der Waals surface area contributed by atoms with Gasteiger partial charge in [-0.15, -0.1) is 0 Å². The molecule has 0 unspecified atom stereocenters. The van der Waals surface area contributed by atoms with Crippen LogP contribution < -0.4 is 0 Å². The van der Waals surface area contributed by atoms with Crippen LogP contribution in [0.25, 0.3) is 21.8 Å². The molecule has 0 amide bonds. The standard InChI is InChI=1S/C20H14N2O3/c1-12-3-2-4-13(9-12)19(23)22-17-7-8-21-11-16(17)15-6-5-14(20(24)25)10-18(15)22/h2-11H,1H3,(H,24,25). The number of carboxylic acid groups (broad SMARTS) is 1. The highest BCUT2D eigenvalue weighted by Crippen LogP contribution is 2.30. The SMILES string of the molecule is Cc1cccc(C(=O)n2c3ccncc3c3ccc(C(=O)O)cc32)c1. The number of aromatic carboxylic acids is 1. The summed E-state index contributed by atoms with van der Waals surface area (Å²) in [5.41, 5.74) is 2.95. The molecule has 4 rings (SSSR count). The number of fused-ring (bicyclic) bond motifs is 3. The molecule has 0 radical (unpaired) electrons. The van der Waals surface area contributed by atoms with E-state index in [9.17, 15) is 14.7 Å². The van der Waals surface area contributed by atoms with Gasteiger partial charge in [-0.1, -0.05) is 23.8 Å². The number of hydrogen-bond acceptors (Lipinski definition) is 3. The highest BCUT2D eigenvalue weighted by Gasteiger charge is 2.19. The molecule has 4 aromatic rings. The van der Waals surface area contributed by atoms with E-state index in [0.29, 0.717) is 16.6 Å². The normalized spacial score (nSPS) is 11.1. The second kappa shape index (κ2) is 5.56. The van der Waals surface area contributed by atoms with Gasteiger partial charge in [0.15, 0.2) is 0 Å². The summed E-state index contributed by atoms with van der Waals surface area (Å²) in [4.78, 5) is 28.7. The Labute approximate surface area is 143 Å². The van der Waals surface area contributed by atoms with Gasteiger partial charge >= 0.3 is 5.97 Å². The lowest BCUT2D eigenvalue weighted by Gasteiger charge is -2.07. The summed E-state index contributed by atoms with van der Waals surface area (Å²) < 4.78 is 1.56. The molecule has 2 heterocycles. The molecular formula is C20H14N2O3. The van der Waals surface area contributed by atoms with Crippen LogP contribution in [0.4, 0.5) is 0 Å². The molecule has 0 spiro atoms. The van der Waals surface area contributed by atoms with Crippen LogP contribution in [0.1, 0.15) is 26.3 Å². The average Bonchev–Trinajstić information content (AvgIpc) is 2.94. The number of nitrogens with zero attached hydrogens (tertiary/aromatic N) is 2. The first-order chi connectivity index (χ1) is 12.1. The molecule has 0 atom stereocenters. The molecule has 5 nitrogen and oxygen atoms in total. The number of carboxylic acids is 1. The van der Waals surface area contributed by atoms with Crippen molar-refractivity contribution in [2.75, 3.05) is 0 Å².